The van der Waals surface area contributed by atoms with Gasteiger partial charge in [0.1, 0.15) is 17.2 Å². The second-order valence-corrected chi connectivity index (χ2v) is 5.04. The first-order chi connectivity index (χ1) is 9.22. The van der Waals surface area contributed by atoms with Crippen LogP contribution in [0.25, 0.3) is 0 Å². The van der Waals surface area contributed by atoms with Crippen molar-refractivity contribution in [3.8, 4) is 0 Å². The zero-order valence-electron chi connectivity index (χ0n) is 11.7. The van der Waals surface area contributed by atoms with Crippen LogP contribution in [0.1, 0.15) is 32.3 Å². The Hall–Kier alpha value is -1.30. The minimum Gasteiger partial charge on any atom is -0.469 e. The van der Waals surface area contributed by atoms with Crippen molar-refractivity contribution in [1.29, 1.82) is 0 Å². The largest absolute Gasteiger partial charge is 0.469 e. The summed E-state index contributed by atoms with van der Waals surface area (Å²) in [5, 5.41) is 4.25. The van der Waals surface area contributed by atoms with Gasteiger partial charge < -0.3 is 10.1 Å². The van der Waals surface area contributed by atoms with Gasteiger partial charge in [-0.2, -0.15) is 0 Å². The molecule has 1 aromatic heterocycles. The van der Waals surface area contributed by atoms with Gasteiger partial charge in [0.25, 0.3) is 0 Å². The summed E-state index contributed by atoms with van der Waals surface area (Å²) in [5.41, 5.74) is 1.12. The van der Waals surface area contributed by atoms with E-state index in [9.17, 15) is 4.79 Å². The van der Waals surface area contributed by atoms with Gasteiger partial charge in [0.2, 0.25) is 0 Å². The fourth-order valence-electron chi connectivity index (χ4n) is 1.57. The number of hydrogen-bond donors (Lipinski definition) is 1. The lowest BCUT2D eigenvalue weighted by atomic mass is 10.2. The summed E-state index contributed by atoms with van der Waals surface area (Å²) in [6.45, 7) is 5.10. The Morgan fingerprint density at radius 2 is 2.21 bits per heavy atom. The van der Waals surface area contributed by atoms with Gasteiger partial charge in [0.15, 0.2) is 0 Å². The lowest BCUT2D eigenvalue weighted by molar-refractivity contribution is -0.140. The van der Waals surface area contributed by atoms with Crippen LogP contribution < -0.4 is 5.32 Å². The molecule has 0 fully saturated rings. The Morgan fingerprint density at radius 1 is 1.42 bits per heavy atom. The number of carbonyl (C=O) groups is 1. The van der Waals surface area contributed by atoms with E-state index in [2.05, 4.69) is 33.9 Å². The molecule has 1 rings (SSSR count). The number of ether oxygens (including phenoxy) is 1. The molecule has 19 heavy (non-hydrogen) atoms. The predicted molar refractivity (Wildman–Crippen MR) is 77.5 cm³/mol. The van der Waals surface area contributed by atoms with E-state index in [1.807, 2.05) is 0 Å². The summed E-state index contributed by atoms with van der Waals surface area (Å²) in [7, 11) is 1.40. The number of carbonyl (C=O) groups excluding carboxylic acids is 1. The van der Waals surface area contributed by atoms with Gasteiger partial charge in [-0.1, -0.05) is 13.8 Å². The first-order valence-corrected chi connectivity index (χ1v) is 7.48. The average Bonchev–Trinajstić information content (AvgIpc) is 2.44. The van der Waals surface area contributed by atoms with Gasteiger partial charge >= 0.3 is 5.97 Å². The molecule has 0 saturated heterocycles. The molecule has 0 aromatic carbocycles. The maximum absolute atomic E-state index is 11.1. The lowest BCUT2D eigenvalue weighted by Crippen LogP contribution is -2.07. The van der Waals surface area contributed by atoms with Crippen molar-refractivity contribution >= 4 is 23.5 Å². The van der Waals surface area contributed by atoms with Crippen molar-refractivity contribution in [2.45, 2.75) is 38.1 Å². The number of methoxy groups -OCH3 is 1. The van der Waals surface area contributed by atoms with E-state index in [1.165, 1.54) is 7.11 Å². The summed E-state index contributed by atoms with van der Waals surface area (Å²) in [5.74, 6) is 1.38. The van der Waals surface area contributed by atoms with Crippen LogP contribution >= 0.6 is 11.8 Å². The Labute approximate surface area is 118 Å². The number of rotatable bonds is 8. The highest BCUT2D eigenvalue weighted by Gasteiger charge is 2.10. The third-order valence-electron chi connectivity index (χ3n) is 2.57. The number of esters is 1. The molecule has 0 aliphatic carbocycles. The van der Waals surface area contributed by atoms with Crippen molar-refractivity contribution in [2.24, 2.45) is 0 Å². The van der Waals surface area contributed by atoms with Crippen LogP contribution in [0.2, 0.25) is 0 Å². The van der Waals surface area contributed by atoms with Crippen LogP contribution in [-0.4, -0.2) is 35.3 Å². The topological polar surface area (TPSA) is 64.1 Å². The number of nitrogens with zero attached hydrogens (tertiary/aromatic N) is 2. The number of nitrogens with one attached hydrogen (secondary N) is 1. The normalized spacial score (nSPS) is 10.3. The molecule has 5 nitrogen and oxygen atoms in total. The van der Waals surface area contributed by atoms with E-state index in [4.69, 9.17) is 0 Å². The highest BCUT2D eigenvalue weighted by atomic mass is 32.2. The lowest BCUT2D eigenvalue weighted by Gasteiger charge is -2.12. The third kappa shape index (κ3) is 5.06. The van der Waals surface area contributed by atoms with Crippen LogP contribution in [0.4, 0.5) is 5.82 Å². The van der Waals surface area contributed by atoms with Crippen LogP contribution in [-0.2, 0) is 16.0 Å². The maximum atomic E-state index is 11.1. The van der Waals surface area contributed by atoms with Crippen LogP contribution in [0.15, 0.2) is 11.4 Å². The fourth-order valence-corrected chi connectivity index (χ4v) is 2.57. The second kappa shape index (κ2) is 8.74. The Balaban J connectivity index is 2.68. The average molecular weight is 283 g/mol. The molecule has 0 saturated carbocycles. The van der Waals surface area contributed by atoms with Crippen molar-refractivity contribution in [2.75, 3.05) is 24.7 Å². The molecular formula is C13H21N3O2S. The summed E-state index contributed by atoms with van der Waals surface area (Å²) >= 11 is 1.57. The zero-order valence-corrected chi connectivity index (χ0v) is 12.5. The van der Waals surface area contributed by atoms with E-state index >= 15 is 0 Å². The molecule has 1 heterocycles. The minimum atomic E-state index is -0.191. The van der Waals surface area contributed by atoms with Gasteiger partial charge in [-0.15, -0.1) is 11.8 Å². The van der Waals surface area contributed by atoms with Gasteiger partial charge in [0, 0.05) is 17.9 Å². The summed E-state index contributed by atoms with van der Waals surface area (Å²) in [6.07, 6.45) is 3.88. The van der Waals surface area contributed by atoms with E-state index < -0.39 is 0 Å². The third-order valence-corrected chi connectivity index (χ3v) is 3.61. The molecule has 0 radical (unpaired) electrons. The maximum Gasteiger partial charge on any atom is 0.306 e. The molecule has 0 spiro atoms. The number of aromatic nitrogens is 2. The molecule has 0 aliphatic heterocycles. The van der Waals surface area contributed by atoms with Gasteiger partial charge in [-0.25, -0.2) is 9.97 Å². The molecule has 1 N–H and O–H groups in total. The highest BCUT2D eigenvalue weighted by molar-refractivity contribution is 7.99. The fraction of sp³-hybridized carbons (Fsp3) is 0.615. The van der Waals surface area contributed by atoms with Crippen LogP contribution in [0.3, 0.4) is 0 Å². The zero-order chi connectivity index (χ0) is 14.1. The van der Waals surface area contributed by atoms with Crippen LogP contribution in [0.5, 0.6) is 0 Å². The first-order valence-electron chi connectivity index (χ1n) is 6.50. The Kier molecular flexibility index (Phi) is 7.25. The predicted octanol–water partition coefficient (Wildman–Crippen LogP) is 2.52. The SMILES string of the molecule is CCCNc1ncnc(SCCC(=O)OC)c1CC. The van der Waals surface area contributed by atoms with E-state index in [-0.39, 0.29) is 5.97 Å². The summed E-state index contributed by atoms with van der Waals surface area (Å²) in [4.78, 5) is 19.7. The molecule has 1 aromatic rings. The molecule has 0 atom stereocenters. The van der Waals surface area contributed by atoms with E-state index in [0.29, 0.717) is 12.2 Å². The van der Waals surface area contributed by atoms with Crippen molar-refractivity contribution in [3.05, 3.63) is 11.9 Å². The Morgan fingerprint density at radius 3 is 2.84 bits per heavy atom. The number of anilines is 1. The van der Waals surface area contributed by atoms with Gasteiger partial charge in [0.05, 0.1) is 13.5 Å². The second-order valence-electron chi connectivity index (χ2n) is 3.96. The van der Waals surface area contributed by atoms with E-state index in [0.717, 1.165) is 35.8 Å². The van der Waals surface area contributed by atoms with Crippen molar-refractivity contribution in [3.63, 3.8) is 0 Å². The quantitative estimate of drug-likeness (QED) is 0.449. The van der Waals surface area contributed by atoms with Crippen LogP contribution in [0, 0.1) is 0 Å². The van der Waals surface area contributed by atoms with Crippen molar-refractivity contribution in [1.82, 2.24) is 9.97 Å². The summed E-state index contributed by atoms with van der Waals surface area (Å²) < 4.78 is 4.62. The summed E-state index contributed by atoms with van der Waals surface area (Å²) in [6, 6.07) is 0. The molecule has 0 amide bonds. The number of hydrogen-bond acceptors (Lipinski definition) is 6. The monoisotopic (exact) mass is 283 g/mol. The minimum absolute atomic E-state index is 0.191. The standard InChI is InChI=1S/C13H21N3O2S/c1-4-7-14-12-10(5-2)13(16-9-15-12)19-8-6-11(17)18-3/h9H,4-8H2,1-3H3,(H,14,15,16). The first kappa shape index (κ1) is 15.8. The molecule has 0 bridgehead atoms. The number of thioether (sulfide) groups is 1. The van der Waals surface area contributed by atoms with E-state index in [1.54, 1.807) is 18.1 Å². The van der Waals surface area contributed by atoms with Crippen molar-refractivity contribution < 1.29 is 9.53 Å². The smallest absolute Gasteiger partial charge is 0.306 e. The Bertz CT molecular complexity index is 413. The van der Waals surface area contributed by atoms with Gasteiger partial charge in [-0.05, 0) is 12.8 Å². The molecule has 0 unspecified atom stereocenters. The molecule has 106 valence electrons. The molecule has 6 heteroatoms. The van der Waals surface area contributed by atoms with Gasteiger partial charge in [-0.3, -0.25) is 4.79 Å². The molecule has 0 aliphatic rings. The highest BCUT2D eigenvalue weighted by Crippen LogP contribution is 2.25. The molecular weight excluding hydrogens is 262 g/mol.